The molecule has 0 spiro atoms. The van der Waals surface area contributed by atoms with E-state index in [4.69, 9.17) is 9.68 Å². The minimum Gasteiger partial charge on any atom is -0.457 e. The molecule has 5 heteroatoms. The van der Waals surface area contributed by atoms with Crippen LogP contribution in [-0.4, -0.2) is 23.9 Å². The number of carbonyl (C=O) groups is 1. The van der Waals surface area contributed by atoms with Crippen LogP contribution >= 0.6 is 0 Å². The molecule has 0 unspecified atom stereocenters. The number of hydrogen-bond acceptors (Lipinski definition) is 4. The summed E-state index contributed by atoms with van der Waals surface area (Å²) < 4.78 is 5.71. The summed E-state index contributed by atoms with van der Waals surface area (Å²) >= 11 is 0. The Balaban J connectivity index is 1.88. The Bertz CT molecular complexity index is 875. The summed E-state index contributed by atoms with van der Waals surface area (Å²) in [5.41, 5.74) is 1.26. The second-order valence-electron chi connectivity index (χ2n) is 5.53. The van der Waals surface area contributed by atoms with Gasteiger partial charge in [-0.1, -0.05) is 12.1 Å². The number of likely N-dealkylation sites (tertiary alicyclic amines) is 1. The van der Waals surface area contributed by atoms with Gasteiger partial charge in [0.2, 0.25) is 0 Å². The first kappa shape index (κ1) is 15.6. The van der Waals surface area contributed by atoms with Crippen molar-refractivity contribution in [1.29, 1.82) is 10.5 Å². The Morgan fingerprint density at radius 2 is 1.88 bits per heavy atom. The highest BCUT2D eigenvalue weighted by Crippen LogP contribution is 2.26. The van der Waals surface area contributed by atoms with E-state index in [1.807, 2.05) is 12.1 Å². The Hall–Kier alpha value is -3.31. The summed E-state index contributed by atoms with van der Waals surface area (Å²) in [6.07, 6.45) is 3.40. The minimum absolute atomic E-state index is 0.0615. The molecule has 0 N–H and O–H groups in total. The third-order valence-corrected chi connectivity index (χ3v) is 3.97. The number of hydrogen-bond donors (Lipinski definition) is 0. The van der Waals surface area contributed by atoms with E-state index in [0.29, 0.717) is 35.7 Å². The van der Waals surface area contributed by atoms with Crippen LogP contribution in [0.15, 0.2) is 46.4 Å². The first-order valence-electron chi connectivity index (χ1n) is 7.73. The summed E-state index contributed by atoms with van der Waals surface area (Å²) in [6, 6.07) is 14.6. The monoisotopic (exact) mass is 317 g/mol. The number of benzene rings is 1. The summed E-state index contributed by atoms with van der Waals surface area (Å²) in [6.45, 7) is 1.38. The second kappa shape index (κ2) is 6.85. The molecule has 0 radical (unpaired) electrons. The Morgan fingerprint density at radius 3 is 2.58 bits per heavy atom. The number of rotatable bonds is 3. The predicted octanol–water partition coefficient (Wildman–Crippen LogP) is 3.35. The van der Waals surface area contributed by atoms with Crippen LogP contribution in [0.25, 0.3) is 17.4 Å². The van der Waals surface area contributed by atoms with E-state index < -0.39 is 0 Å². The maximum absolute atomic E-state index is 12.3. The van der Waals surface area contributed by atoms with Crippen LogP contribution in [0.3, 0.4) is 0 Å². The number of nitriles is 2. The fraction of sp³-hybridized carbons (Fsp3) is 0.211. The fourth-order valence-electron chi connectivity index (χ4n) is 2.75. The van der Waals surface area contributed by atoms with Crippen LogP contribution in [0.1, 0.15) is 24.2 Å². The summed E-state index contributed by atoms with van der Waals surface area (Å²) in [5.74, 6) is 0.691. The number of amides is 1. The second-order valence-corrected chi connectivity index (χ2v) is 5.53. The van der Waals surface area contributed by atoms with Crippen molar-refractivity contribution in [2.24, 2.45) is 0 Å². The van der Waals surface area contributed by atoms with E-state index in [9.17, 15) is 10.1 Å². The highest BCUT2D eigenvalue weighted by Gasteiger charge is 2.21. The van der Waals surface area contributed by atoms with Crippen molar-refractivity contribution in [1.82, 2.24) is 4.90 Å². The third-order valence-electron chi connectivity index (χ3n) is 3.97. The molecule has 118 valence electrons. The number of furan rings is 1. The molecular formula is C19H15N3O2. The zero-order valence-corrected chi connectivity index (χ0v) is 13.0. The Kier molecular flexibility index (Phi) is 4.45. The molecule has 1 aromatic carbocycles. The summed E-state index contributed by atoms with van der Waals surface area (Å²) in [4.78, 5) is 14.0. The van der Waals surface area contributed by atoms with Gasteiger partial charge in [-0.25, -0.2) is 0 Å². The van der Waals surface area contributed by atoms with Gasteiger partial charge >= 0.3 is 0 Å². The van der Waals surface area contributed by atoms with Crippen molar-refractivity contribution in [3.05, 3.63) is 53.3 Å². The van der Waals surface area contributed by atoms with Gasteiger partial charge in [-0.05, 0) is 37.1 Å². The molecule has 1 aliphatic heterocycles. The molecule has 1 aliphatic rings. The molecule has 1 aromatic heterocycles. The highest BCUT2D eigenvalue weighted by molar-refractivity contribution is 6.01. The average molecular weight is 317 g/mol. The standard InChI is InChI=1S/C19H15N3O2/c20-12-14-5-1-2-6-17(14)18-8-7-16(24-18)11-15(13-21)19(23)22-9-3-4-10-22/h1-2,5-8,11H,3-4,9-10H2/b15-11+. The molecule has 1 amide bonds. The molecule has 1 fully saturated rings. The maximum atomic E-state index is 12.3. The van der Waals surface area contributed by atoms with Crippen molar-refractivity contribution in [2.75, 3.05) is 13.1 Å². The lowest BCUT2D eigenvalue weighted by atomic mass is 10.1. The minimum atomic E-state index is -0.259. The van der Waals surface area contributed by atoms with Crippen LogP contribution in [0.2, 0.25) is 0 Å². The van der Waals surface area contributed by atoms with E-state index in [1.54, 1.807) is 35.2 Å². The van der Waals surface area contributed by atoms with Crippen LogP contribution in [0.4, 0.5) is 0 Å². The van der Waals surface area contributed by atoms with E-state index in [2.05, 4.69) is 6.07 Å². The number of carbonyl (C=O) groups excluding carboxylic acids is 1. The molecule has 0 aliphatic carbocycles. The third kappa shape index (κ3) is 3.06. The van der Waals surface area contributed by atoms with E-state index >= 15 is 0 Å². The molecule has 0 saturated carbocycles. The van der Waals surface area contributed by atoms with Crippen molar-refractivity contribution >= 4 is 12.0 Å². The van der Waals surface area contributed by atoms with Crippen molar-refractivity contribution < 1.29 is 9.21 Å². The summed E-state index contributed by atoms with van der Waals surface area (Å²) in [7, 11) is 0. The first-order valence-corrected chi connectivity index (χ1v) is 7.73. The Morgan fingerprint density at radius 1 is 1.12 bits per heavy atom. The SMILES string of the molecule is N#C/C(=C\c1ccc(-c2ccccc2C#N)o1)C(=O)N1CCCC1. The fourth-order valence-corrected chi connectivity index (χ4v) is 2.75. The van der Waals surface area contributed by atoms with E-state index in [1.165, 1.54) is 6.08 Å². The quantitative estimate of drug-likeness (QED) is 0.642. The zero-order chi connectivity index (χ0) is 16.9. The normalized spacial score (nSPS) is 14.2. The Labute approximate surface area is 140 Å². The van der Waals surface area contributed by atoms with Crippen LogP contribution in [-0.2, 0) is 4.79 Å². The highest BCUT2D eigenvalue weighted by atomic mass is 16.3. The van der Waals surface area contributed by atoms with Gasteiger partial charge in [0.1, 0.15) is 23.2 Å². The topological polar surface area (TPSA) is 81.0 Å². The molecule has 0 atom stereocenters. The summed E-state index contributed by atoms with van der Waals surface area (Å²) in [5, 5.41) is 18.4. The molecule has 1 saturated heterocycles. The van der Waals surface area contributed by atoms with Gasteiger partial charge < -0.3 is 9.32 Å². The largest absolute Gasteiger partial charge is 0.457 e. The molecular weight excluding hydrogens is 302 g/mol. The maximum Gasteiger partial charge on any atom is 0.264 e. The van der Waals surface area contributed by atoms with Gasteiger partial charge in [-0.15, -0.1) is 0 Å². The molecule has 5 nitrogen and oxygen atoms in total. The molecule has 3 rings (SSSR count). The van der Waals surface area contributed by atoms with Crippen molar-refractivity contribution in [3.63, 3.8) is 0 Å². The molecule has 24 heavy (non-hydrogen) atoms. The van der Waals surface area contributed by atoms with Gasteiger partial charge in [0.25, 0.3) is 5.91 Å². The van der Waals surface area contributed by atoms with Gasteiger partial charge in [0.05, 0.1) is 11.6 Å². The molecule has 0 bridgehead atoms. The predicted molar refractivity (Wildman–Crippen MR) is 88.3 cm³/mol. The van der Waals surface area contributed by atoms with Crippen LogP contribution < -0.4 is 0 Å². The lowest BCUT2D eigenvalue weighted by Crippen LogP contribution is -2.28. The van der Waals surface area contributed by atoms with Crippen LogP contribution in [0, 0.1) is 22.7 Å². The van der Waals surface area contributed by atoms with Gasteiger partial charge in [0, 0.05) is 24.7 Å². The first-order chi connectivity index (χ1) is 11.7. The van der Waals surface area contributed by atoms with E-state index in [-0.39, 0.29) is 11.5 Å². The van der Waals surface area contributed by atoms with Gasteiger partial charge in [-0.2, -0.15) is 10.5 Å². The lowest BCUT2D eigenvalue weighted by Gasteiger charge is -2.13. The van der Waals surface area contributed by atoms with Crippen molar-refractivity contribution in [3.8, 4) is 23.5 Å². The van der Waals surface area contributed by atoms with Gasteiger partial charge in [0.15, 0.2) is 0 Å². The molecule has 2 aromatic rings. The zero-order valence-electron chi connectivity index (χ0n) is 13.0. The van der Waals surface area contributed by atoms with Gasteiger partial charge in [-0.3, -0.25) is 4.79 Å². The smallest absolute Gasteiger partial charge is 0.264 e. The van der Waals surface area contributed by atoms with Crippen molar-refractivity contribution in [2.45, 2.75) is 12.8 Å². The molecule has 2 heterocycles. The number of nitrogens with zero attached hydrogens (tertiary/aromatic N) is 3. The van der Waals surface area contributed by atoms with E-state index in [0.717, 1.165) is 12.8 Å². The lowest BCUT2D eigenvalue weighted by molar-refractivity contribution is -0.125. The average Bonchev–Trinajstić information content (AvgIpc) is 3.31. The van der Waals surface area contributed by atoms with Crippen LogP contribution in [0.5, 0.6) is 0 Å².